The molecule has 0 amide bonds. The standard InChI is InChI=1S/C10H12N2O2/c1-2-14-10(13)8-3-4-9-5-11-7-12(9)6-8/h3-4,6-7,9H,2,5H2,1H3. The summed E-state index contributed by atoms with van der Waals surface area (Å²) in [5.41, 5.74) is 0.580. The Hall–Kier alpha value is -1.58. The fourth-order valence-corrected chi connectivity index (χ4v) is 1.47. The number of carbonyl (C=O) groups excluding carboxylic acids is 1. The Kier molecular flexibility index (Phi) is 2.35. The molecule has 2 aliphatic rings. The molecule has 0 saturated carbocycles. The fourth-order valence-electron chi connectivity index (χ4n) is 1.47. The third kappa shape index (κ3) is 1.55. The topological polar surface area (TPSA) is 41.9 Å². The Morgan fingerprint density at radius 3 is 3.43 bits per heavy atom. The lowest BCUT2D eigenvalue weighted by molar-refractivity contribution is -0.138. The van der Waals surface area contributed by atoms with Gasteiger partial charge in [-0.25, -0.2) is 4.79 Å². The van der Waals surface area contributed by atoms with Gasteiger partial charge < -0.3 is 9.64 Å². The van der Waals surface area contributed by atoms with Crippen LogP contribution in [-0.2, 0) is 9.53 Å². The number of ether oxygens (including phenoxy) is 1. The number of carbonyl (C=O) groups is 1. The SMILES string of the molecule is CCOC(=O)C1=CN2C=NCC2C=C1. The highest BCUT2D eigenvalue weighted by Gasteiger charge is 2.22. The van der Waals surface area contributed by atoms with Crippen LogP contribution < -0.4 is 0 Å². The summed E-state index contributed by atoms with van der Waals surface area (Å²) in [6, 6.07) is 0.285. The van der Waals surface area contributed by atoms with Crippen molar-refractivity contribution in [3.8, 4) is 0 Å². The van der Waals surface area contributed by atoms with E-state index in [1.165, 1.54) is 0 Å². The number of hydrogen-bond acceptors (Lipinski definition) is 4. The molecular weight excluding hydrogens is 180 g/mol. The van der Waals surface area contributed by atoms with Crippen molar-refractivity contribution in [2.24, 2.45) is 4.99 Å². The van der Waals surface area contributed by atoms with Crippen LogP contribution in [0.5, 0.6) is 0 Å². The first-order valence-corrected chi connectivity index (χ1v) is 4.66. The number of rotatable bonds is 2. The Bertz CT molecular complexity index is 331. The third-order valence-corrected chi connectivity index (χ3v) is 2.19. The molecule has 0 N–H and O–H groups in total. The molecule has 2 aliphatic heterocycles. The number of nitrogens with zero attached hydrogens (tertiary/aromatic N) is 2. The lowest BCUT2D eigenvalue weighted by atomic mass is 10.1. The molecule has 0 spiro atoms. The summed E-state index contributed by atoms with van der Waals surface area (Å²) >= 11 is 0. The predicted molar refractivity (Wildman–Crippen MR) is 52.8 cm³/mol. The van der Waals surface area contributed by atoms with Crippen LogP contribution in [0, 0.1) is 0 Å². The van der Waals surface area contributed by atoms with E-state index in [0.717, 1.165) is 6.54 Å². The molecule has 0 aromatic heterocycles. The van der Waals surface area contributed by atoms with Gasteiger partial charge in [0.25, 0.3) is 0 Å². The zero-order valence-corrected chi connectivity index (χ0v) is 8.01. The van der Waals surface area contributed by atoms with Gasteiger partial charge in [0.05, 0.1) is 31.1 Å². The second-order valence-corrected chi connectivity index (χ2v) is 3.16. The molecule has 0 bridgehead atoms. The molecule has 2 heterocycles. The molecule has 0 fully saturated rings. The molecule has 0 aliphatic carbocycles. The highest BCUT2D eigenvalue weighted by Crippen LogP contribution is 2.16. The number of aliphatic imine (C=N–C) groups is 1. The Morgan fingerprint density at radius 2 is 2.64 bits per heavy atom. The van der Waals surface area contributed by atoms with Gasteiger partial charge in [0.1, 0.15) is 0 Å². The number of fused-ring (bicyclic) bond motifs is 1. The van der Waals surface area contributed by atoms with Gasteiger partial charge in [0.15, 0.2) is 0 Å². The smallest absolute Gasteiger partial charge is 0.339 e. The molecule has 2 rings (SSSR count). The molecule has 14 heavy (non-hydrogen) atoms. The van der Waals surface area contributed by atoms with E-state index in [1.54, 1.807) is 25.5 Å². The van der Waals surface area contributed by atoms with Crippen molar-refractivity contribution in [3.63, 3.8) is 0 Å². The van der Waals surface area contributed by atoms with Gasteiger partial charge in [-0.2, -0.15) is 0 Å². The van der Waals surface area contributed by atoms with Crippen molar-refractivity contribution in [2.45, 2.75) is 13.0 Å². The van der Waals surface area contributed by atoms with E-state index >= 15 is 0 Å². The van der Waals surface area contributed by atoms with E-state index in [1.807, 2.05) is 11.0 Å². The van der Waals surface area contributed by atoms with Gasteiger partial charge in [0.2, 0.25) is 0 Å². The van der Waals surface area contributed by atoms with Gasteiger partial charge >= 0.3 is 5.97 Å². The minimum Gasteiger partial charge on any atom is -0.462 e. The molecule has 74 valence electrons. The summed E-state index contributed by atoms with van der Waals surface area (Å²) in [7, 11) is 0. The van der Waals surface area contributed by atoms with Crippen LogP contribution in [0.3, 0.4) is 0 Å². The molecule has 0 saturated heterocycles. The Labute approximate surface area is 82.6 Å². The summed E-state index contributed by atoms with van der Waals surface area (Å²) in [6.07, 6.45) is 7.29. The van der Waals surface area contributed by atoms with Crippen LogP contribution in [0.1, 0.15) is 6.92 Å². The van der Waals surface area contributed by atoms with Crippen LogP contribution in [0.4, 0.5) is 0 Å². The maximum Gasteiger partial charge on any atom is 0.339 e. The van der Waals surface area contributed by atoms with E-state index in [-0.39, 0.29) is 12.0 Å². The summed E-state index contributed by atoms with van der Waals surface area (Å²) in [5, 5.41) is 0. The average Bonchev–Trinajstić information content (AvgIpc) is 2.64. The first-order valence-electron chi connectivity index (χ1n) is 4.66. The van der Waals surface area contributed by atoms with Crippen LogP contribution in [-0.4, -0.2) is 36.4 Å². The Balaban J connectivity index is 2.10. The van der Waals surface area contributed by atoms with Crippen molar-refractivity contribution in [2.75, 3.05) is 13.2 Å². The van der Waals surface area contributed by atoms with E-state index < -0.39 is 0 Å². The summed E-state index contributed by atoms with van der Waals surface area (Å²) < 4.78 is 4.90. The van der Waals surface area contributed by atoms with Gasteiger partial charge in [-0.15, -0.1) is 0 Å². The monoisotopic (exact) mass is 192 g/mol. The van der Waals surface area contributed by atoms with Crippen molar-refractivity contribution in [1.29, 1.82) is 0 Å². The normalized spacial score (nSPS) is 23.4. The molecule has 0 aromatic rings. The van der Waals surface area contributed by atoms with Crippen LogP contribution in [0.2, 0.25) is 0 Å². The lowest BCUT2D eigenvalue weighted by Gasteiger charge is -2.21. The summed E-state index contributed by atoms with van der Waals surface area (Å²) in [4.78, 5) is 17.4. The summed E-state index contributed by atoms with van der Waals surface area (Å²) in [5.74, 6) is -0.275. The highest BCUT2D eigenvalue weighted by atomic mass is 16.5. The molecule has 4 nitrogen and oxygen atoms in total. The van der Waals surface area contributed by atoms with Crippen molar-refractivity contribution in [1.82, 2.24) is 4.90 Å². The van der Waals surface area contributed by atoms with Gasteiger partial charge in [-0.1, -0.05) is 6.08 Å². The highest BCUT2D eigenvalue weighted by molar-refractivity contribution is 5.92. The molecule has 0 radical (unpaired) electrons. The molecule has 0 aromatic carbocycles. The predicted octanol–water partition coefficient (Wildman–Crippen LogP) is 0.716. The molecule has 1 unspecified atom stereocenters. The largest absolute Gasteiger partial charge is 0.462 e. The van der Waals surface area contributed by atoms with E-state index in [0.29, 0.717) is 12.2 Å². The minimum atomic E-state index is -0.275. The van der Waals surface area contributed by atoms with E-state index in [4.69, 9.17) is 4.74 Å². The summed E-state index contributed by atoms with van der Waals surface area (Å²) in [6.45, 7) is 2.97. The zero-order chi connectivity index (χ0) is 9.97. The van der Waals surface area contributed by atoms with Crippen LogP contribution in [0.15, 0.2) is 28.9 Å². The first-order chi connectivity index (χ1) is 6.81. The van der Waals surface area contributed by atoms with E-state index in [2.05, 4.69) is 4.99 Å². The first kappa shape index (κ1) is 8.99. The molecule has 4 heteroatoms. The van der Waals surface area contributed by atoms with Gasteiger partial charge in [0, 0.05) is 6.20 Å². The minimum absolute atomic E-state index is 0.275. The Morgan fingerprint density at radius 1 is 1.79 bits per heavy atom. The average molecular weight is 192 g/mol. The zero-order valence-electron chi connectivity index (χ0n) is 8.01. The van der Waals surface area contributed by atoms with Crippen LogP contribution in [0.25, 0.3) is 0 Å². The van der Waals surface area contributed by atoms with Gasteiger partial charge in [-0.05, 0) is 13.0 Å². The third-order valence-electron chi connectivity index (χ3n) is 2.19. The quantitative estimate of drug-likeness (QED) is 0.605. The van der Waals surface area contributed by atoms with Crippen molar-refractivity contribution in [3.05, 3.63) is 23.9 Å². The molecule has 1 atom stereocenters. The maximum atomic E-state index is 11.4. The lowest BCUT2D eigenvalue weighted by Crippen LogP contribution is -2.28. The van der Waals surface area contributed by atoms with E-state index in [9.17, 15) is 4.79 Å². The second kappa shape index (κ2) is 3.65. The fraction of sp³-hybridized carbons (Fsp3) is 0.400. The second-order valence-electron chi connectivity index (χ2n) is 3.16. The number of hydrogen-bond donors (Lipinski definition) is 0. The molecular formula is C10H12N2O2. The number of esters is 1. The van der Waals surface area contributed by atoms with Crippen LogP contribution >= 0.6 is 0 Å². The van der Waals surface area contributed by atoms with Crippen molar-refractivity contribution < 1.29 is 9.53 Å². The van der Waals surface area contributed by atoms with Gasteiger partial charge in [-0.3, -0.25) is 4.99 Å². The maximum absolute atomic E-state index is 11.4. The van der Waals surface area contributed by atoms with Crippen molar-refractivity contribution >= 4 is 12.3 Å².